The second-order valence-electron chi connectivity index (χ2n) is 5.42. The van der Waals surface area contributed by atoms with Crippen LogP contribution in [0.15, 0.2) is 18.2 Å². The lowest BCUT2D eigenvalue weighted by Crippen LogP contribution is -2.14. The number of benzene rings is 1. The Bertz CT molecular complexity index is 594. The predicted molar refractivity (Wildman–Crippen MR) is 78.7 cm³/mol. The number of hydrogen-bond donors (Lipinski definition) is 2. The number of nitrogens with two attached hydrogens (primary N) is 1. The number of nitrogens with zero attached hydrogens (tertiary/aromatic N) is 2. The summed E-state index contributed by atoms with van der Waals surface area (Å²) in [6.45, 7) is 1.15. The summed E-state index contributed by atoms with van der Waals surface area (Å²) in [5.41, 5.74) is 8.59. The van der Waals surface area contributed by atoms with Gasteiger partial charge in [0.1, 0.15) is 6.10 Å². The number of rotatable bonds is 6. The van der Waals surface area contributed by atoms with Gasteiger partial charge in [-0.15, -0.1) is 0 Å². The molecule has 108 valence electrons. The zero-order valence-corrected chi connectivity index (χ0v) is 11.6. The van der Waals surface area contributed by atoms with Crippen LogP contribution in [-0.4, -0.2) is 27.4 Å². The van der Waals surface area contributed by atoms with Crippen molar-refractivity contribution in [3.8, 4) is 6.01 Å². The molecule has 1 aromatic carbocycles. The van der Waals surface area contributed by atoms with Crippen LogP contribution in [0.5, 0.6) is 6.01 Å². The Morgan fingerprint density at radius 3 is 3.00 bits per heavy atom. The van der Waals surface area contributed by atoms with Gasteiger partial charge in [0.05, 0.1) is 17.6 Å². The molecule has 0 radical (unpaired) electrons. The lowest BCUT2D eigenvalue weighted by Gasteiger charge is -2.09. The van der Waals surface area contributed by atoms with Crippen molar-refractivity contribution in [3.63, 3.8) is 0 Å². The molecule has 20 heavy (non-hydrogen) atoms. The molecule has 1 unspecified atom stereocenters. The van der Waals surface area contributed by atoms with E-state index in [0.29, 0.717) is 12.6 Å². The molecule has 3 N–H and O–H groups in total. The summed E-state index contributed by atoms with van der Waals surface area (Å²) >= 11 is 0. The molecule has 0 saturated carbocycles. The van der Waals surface area contributed by atoms with Gasteiger partial charge in [0.2, 0.25) is 0 Å². The van der Waals surface area contributed by atoms with Crippen LogP contribution < -0.4 is 10.5 Å². The molecule has 0 bridgehead atoms. The van der Waals surface area contributed by atoms with E-state index in [1.54, 1.807) is 0 Å². The van der Waals surface area contributed by atoms with Gasteiger partial charge in [0.15, 0.2) is 0 Å². The molecular weight excluding hydrogens is 254 g/mol. The summed E-state index contributed by atoms with van der Waals surface area (Å²) in [6.07, 6.45) is 5.53. The topological polar surface area (TPSA) is 73.3 Å². The first-order valence-electron chi connectivity index (χ1n) is 7.31. The Morgan fingerprint density at radius 1 is 1.30 bits per heavy atom. The summed E-state index contributed by atoms with van der Waals surface area (Å²) in [7, 11) is 0. The van der Waals surface area contributed by atoms with Crippen molar-refractivity contribution >= 4 is 16.7 Å². The van der Waals surface area contributed by atoms with Crippen LogP contribution in [0.4, 0.5) is 5.69 Å². The standard InChI is InChI=1S/C15H21N3O2/c16-11-6-7-13-14(9-11)18-10-12(20-15(18)17-13)5-3-1-2-4-8-19/h6-7,9,12,19H,1-5,8,10,16H2. The van der Waals surface area contributed by atoms with E-state index < -0.39 is 0 Å². The Balaban J connectivity index is 1.60. The number of hydrogen-bond acceptors (Lipinski definition) is 4. The number of aromatic nitrogens is 2. The number of ether oxygens (including phenoxy) is 1. The first-order valence-corrected chi connectivity index (χ1v) is 7.31. The number of fused-ring (bicyclic) bond motifs is 3. The number of nitrogen functional groups attached to an aromatic ring is 1. The molecule has 0 amide bonds. The largest absolute Gasteiger partial charge is 0.459 e. The minimum absolute atomic E-state index is 0.220. The third kappa shape index (κ3) is 2.58. The van der Waals surface area contributed by atoms with Crippen LogP contribution in [0.25, 0.3) is 11.0 Å². The smallest absolute Gasteiger partial charge is 0.297 e. The molecule has 1 atom stereocenters. The quantitative estimate of drug-likeness (QED) is 0.627. The predicted octanol–water partition coefficient (Wildman–Crippen LogP) is 2.32. The third-order valence-corrected chi connectivity index (χ3v) is 3.83. The lowest BCUT2D eigenvalue weighted by molar-refractivity contribution is 0.208. The van der Waals surface area contributed by atoms with E-state index in [9.17, 15) is 0 Å². The van der Waals surface area contributed by atoms with E-state index in [0.717, 1.165) is 55.4 Å². The zero-order valence-electron chi connectivity index (χ0n) is 11.6. The summed E-state index contributed by atoms with van der Waals surface area (Å²) in [6, 6.07) is 6.47. The van der Waals surface area contributed by atoms with Crippen molar-refractivity contribution in [2.45, 2.75) is 44.8 Å². The Morgan fingerprint density at radius 2 is 2.15 bits per heavy atom. The van der Waals surface area contributed by atoms with Gasteiger partial charge >= 0.3 is 0 Å². The third-order valence-electron chi connectivity index (χ3n) is 3.83. The lowest BCUT2D eigenvalue weighted by atomic mass is 10.1. The van der Waals surface area contributed by atoms with Crippen LogP contribution >= 0.6 is 0 Å². The highest BCUT2D eigenvalue weighted by Gasteiger charge is 2.25. The molecule has 1 aromatic heterocycles. The molecule has 0 aliphatic carbocycles. The maximum atomic E-state index is 8.74. The number of imidazole rings is 1. The first kappa shape index (κ1) is 13.2. The van der Waals surface area contributed by atoms with Crippen LogP contribution in [0.3, 0.4) is 0 Å². The molecule has 0 spiro atoms. The van der Waals surface area contributed by atoms with Crippen LogP contribution in [-0.2, 0) is 6.54 Å². The summed E-state index contributed by atoms with van der Waals surface area (Å²) in [4.78, 5) is 4.49. The number of aliphatic hydroxyl groups excluding tert-OH is 1. The minimum Gasteiger partial charge on any atom is -0.459 e. The summed E-state index contributed by atoms with van der Waals surface area (Å²) in [5.74, 6) is 0. The molecule has 0 saturated heterocycles. The molecule has 2 aromatic rings. The first-order chi connectivity index (χ1) is 9.78. The van der Waals surface area contributed by atoms with E-state index in [1.165, 1.54) is 0 Å². The molecular formula is C15H21N3O2. The highest BCUT2D eigenvalue weighted by Crippen LogP contribution is 2.30. The van der Waals surface area contributed by atoms with Gasteiger partial charge in [-0.2, -0.15) is 4.98 Å². The molecule has 2 heterocycles. The van der Waals surface area contributed by atoms with Gasteiger partial charge in [-0.1, -0.05) is 12.8 Å². The molecule has 5 heteroatoms. The average Bonchev–Trinajstić information content (AvgIpc) is 2.96. The van der Waals surface area contributed by atoms with Gasteiger partial charge in [-0.05, 0) is 37.5 Å². The Hall–Kier alpha value is -1.75. The zero-order chi connectivity index (χ0) is 13.9. The minimum atomic E-state index is 0.220. The molecule has 0 fully saturated rings. The Labute approximate surface area is 118 Å². The van der Waals surface area contributed by atoms with Crippen molar-refractivity contribution in [3.05, 3.63) is 18.2 Å². The van der Waals surface area contributed by atoms with Gasteiger partial charge in [0.25, 0.3) is 6.01 Å². The highest BCUT2D eigenvalue weighted by molar-refractivity contribution is 5.80. The van der Waals surface area contributed by atoms with Crippen LogP contribution in [0, 0.1) is 0 Å². The maximum absolute atomic E-state index is 8.74. The van der Waals surface area contributed by atoms with Crippen LogP contribution in [0.1, 0.15) is 32.1 Å². The fourth-order valence-corrected chi connectivity index (χ4v) is 2.76. The van der Waals surface area contributed by atoms with Gasteiger partial charge in [-0.3, -0.25) is 4.57 Å². The van der Waals surface area contributed by atoms with Crippen molar-refractivity contribution in [1.29, 1.82) is 0 Å². The molecule has 5 nitrogen and oxygen atoms in total. The van der Waals surface area contributed by atoms with Crippen molar-refractivity contribution in [2.24, 2.45) is 0 Å². The van der Waals surface area contributed by atoms with Crippen molar-refractivity contribution < 1.29 is 9.84 Å². The Kier molecular flexibility index (Phi) is 3.78. The van der Waals surface area contributed by atoms with E-state index in [1.807, 2.05) is 18.2 Å². The summed E-state index contributed by atoms with van der Waals surface area (Å²) in [5, 5.41) is 8.74. The van der Waals surface area contributed by atoms with Crippen LogP contribution in [0.2, 0.25) is 0 Å². The molecule has 1 aliphatic heterocycles. The highest BCUT2D eigenvalue weighted by atomic mass is 16.5. The maximum Gasteiger partial charge on any atom is 0.297 e. The van der Waals surface area contributed by atoms with E-state index in [4.69, 9.17) is 15.6 Å². The van der Waals surface area contributed by atoms with Gasteiger partial charge in [0, 0.05) is 12.3 Å². The summed E-state index contributed by atoms with van der Waals surface area (Å²) < 4.78 is 8.02. The van der Waals surface area contributed by atoms with E-state index in [-0.39, 0.29) is 6.10 Å². The molecule has 3 rings (SSSR count). The fourth-order valence-electron chi connectivity index (χ4n) is 2.76. The van der Waals surface area contributed by atoms with Gasteiger partial charge in [-0.25, -0.2) is 0 Å². The van der Waals surface area contributed by atoms with E-state index >= 15 is 0 Å². The second-order valence-corrected chi connectivity index (χ2v) is 5.42. The number of unbranched alkanes of at least 4 members (excludes halogenated alkanes) is 3. The van der Waals surface area contributed by atoms with Crippen molar-refractivity contribution in [1.82, 2.24) is 9.55 Å². The molecule has 1 aliphatic rings. The van der Waals surface area contributed by atoms with Gasteiger partial charge < -0.3 is 15.6 Å². The normalized spacial score (nSPS) is 17.4. The SMILES string of the molecule is Nc1ccc2nc3n(c2c1)CC(CCCCCCO)O3. The average molecular weight is 275 g/mol. The van der Waals surface area contributed by atoms with Crippen molar-refractivity contribution in [2.75, 3.05) is 12.3 Å². The number of anilines is 1. The van der Waals surface area contributed by atoms with E-state index in [2.05, 4.69) is 9.55 Å². The monoisotopic (exact) mass is 275 g/mol. The second kappa shape index (κ2) is 5.71. The fraction of sp³-hybridized carbons (Fsp3) is 0.533. The number of aliphatic hydroxyl groups is 1.